The smallest absolute Gasteiger partial charge is 0.162 e. The van der Waals surface area contributed by atoms with Crippen molar-refractivity contribution < 1.29 is 9.47 Å². The van der Waals surface area contributed by atoms with Crippen molar-refractivity contribution in [2.75, 3.05) is 37.1 Å². The Bertz CT molecular complexity index is 633. The van der Waals surface area contributed by atoms with Gasteiger partial charge in [0, 0.05) is 30.6 Å². The van der Waals surface area contributed by atoms with Gasteiger partial charge in [-0.2, -0.15) is 0 Å². The number of pyridine rings is 1. The number of hydrogen-bond donors (Lipinski definition) is 0. The third-order valence-electron chi connectivity index (χ3n) is 3.65. The number of hydrogen-bond acceptors (Lipinski definition) is 4. The minimum absolute atomic E-state index is 0.595. The lowest BCUT2D eigenvalue weighted by molar-refractivity contribution is 0.172. The van der Waals surface area contributed by atoms with E-state index in [4.69, 9.17) is 21.1 Å². The molecule has 0 fully saturated rings. The predicted octanol–water partition coefficient (Wildman–Crippen LogP) is 3.46. The summed E-state index contributed by atoms with van der Waals surface area (Å²) in [7, 11) is 0. The van der Waals surface area contributed by atoms with Gasteiger partial charge in [-0.1, -0.05) is 0 Å². The van der Waals surface area contributed by atoms with Crippen LogP contribution >= 0.6 is 11.6 Å². The Morgan fingerprint density at radius 1 is 1.24 bits per heavy atom. The molecule has 1 aromatic heterocycles. The molecular weight excluding hydrogens is 288 g/mol. The van der Waals surface area contributed by atoms with Gasteiger partial charge in [-0.05, 0) is 36.9 Å². The van der Waals surface area contributed by atoms with Crippen molar-refractivity contribution in [2.24, 2.45) is 0 Å². The van der Waals surface area contributed by atoms with E-state index in [1.165, 1.54) is 0 Å². The first-order chi connectivity index (χ1) is 10.3. The molecule has 0 saturated heterocycles. The number of halogens is 1. The minimum atomic E-state index is 0.595. The van der Waals surface area contributed by atoms with E-state index in [0.29, 0.717) is 19.1 Å². The fourth-order valence-corrected chi connectivity index (χ4v) is 2.73. The van der Waals surface area contributed by atoms with Gasteiger partial charge >= 0.3 is 0 Å². The van der Waals surface area contributed by atoms with Gasteiger partial charge in [-0.3, -0.25) is 0 Å². The average Bonchev–Trinajstić information content (AvgIpc) is 2.53. The van der Waals surface area contributed by atoms with Gasteiger partial charge in [-0.25, -0.2) is 4.98 Å². The third kappa shape index (κ3) is 2.86. The zero-order chi connectivity index (χ0) is 14.7. The molecule has 1 aromatic carbocycles. The van der Waals surface area contributed by atoms with Gasteiger partial charge in [0.05, 0.1) is 0 Å². The number of rotatable bonds is 5. The molecule has 1 aliphatic rings. The first kappa shape index (κ1) is 14.3. The molecule has 0 aliphatic carbocycles. The van der Waals surface area contributed by atoms with E-state index in [9.17, 15) is 0 Å². The Labute approximate surface area is 129 Å². The van der Waals surface area contributed by atoms with Crippen LogP contribution in [0.2, 0.25) is 0 Å². The Hall–Kier alpha value is -1.68. The molecule has 1 aliphatic heterocycles. The van der Waals surface area contributed by atoms with Crippen LogP contribution in [0.1, 0.15) is 13.3 Å². The van der Waals surface area contributed by atoms with Gasteiger partial charge in [-0.15, -0.1) is 11.6 Å². The minimum Gasteiger partial charge on any atom is -0.486 e. The number of ether oxygens (including phenoxy) is 2. The van der Waals surface area contributed by atoms with Gasteiger partial charge in [0.2, 0.25) is 0 Å². The summed E-state index contributed by atoms with van der Waals surface area (Å²) in [4.78, 5) is 6.82. The van der Waals surface area contributed by atoms with Crippen LogP contribution in [0.25, 0.3) is 10.8 Å². The van der Waals surface area contributed by atoms with Gasteiger partial charge in [0.1, 0.15) is 19.0 Å². The van der Waals surface area contributed by atoms with Crippen molar-refractivity contribution in [1.29, 1.82) is 0 Å². The standard InChI is InChI=1S/C16H19ClN2O2/c1-2-19(7-3-5-17)16-13-11-15-14(20-8-9-21-15)10-12(13)4-6-18-16/h4,6,10-11H,2-3,5,7-9H2,1H3. The summed E-state index contributed by atoms with van der Waals surface area (Å²) in [6, 6.07) is 6.08. The van der Waals surface area contributed by atoms with Gasteiger partial charge in [0.15, 0.2) is 11.5 Å². The van der Waals surface area contributed by atoms with E-state index in [-0.39, 0.29) is 0 Å². The van der Waals surface area contributed by atoms with Crippen molar-refractivity contribution in [3.8, 4) is 11.5 Å². The molecule has 5 heteroatoms. The van der Waals surface area contributed by atoms with E-state index >= 15 is 0 Å². The first-order valence-electron chi connectivity index (χ1n) is 7.32. The molecule has 0 unspecified atom stereocenters. The maximum absolute atomic E-state index is 5.82. The van der Waals surface area contributed by atoms with Crippen LogP contribution in [0.4, 0.5) is 5.82 Å². The maximum atomic E-state index is 5.82. The molecule has 0 saturated carbocycles. The fourth-order valence-electron chi connectivity index (χ4n) is 2.61. The molecule has 0 radical (unpaired) electrons. The topological polar surface area (TPSA) is 34.6 Å². The second-order valence-corrected chi connectivity index (χ2v) is 5.35. The summed E-state index contributed by atoms with van der Waals surface area (Å²) >= 11 is 5.82. The van der Waals surface area contributed by atoms with Crippen LogP contribution in [0.3, 0.4) is 0 Å². The number of fused-ring (bicyclic) bond motifs is 2. The van der Waals surface area contributed by atoms with E-state index in [1.54, 1.807) is 0 Å². The third-order valence-corrected chi connectivity index (χ3v) is 3.92. The molecule has 0 atom stereocenters. The predicted molar refractivity (Wildman–Crippen MR) is 86.0 cm³/mol. The summed E-state index contributed by atoms with van der Waals surface area (Å²) in [5, 5.41) is 2.21. The Morgan fingerprint density at radius 3 is 2.71 bits per heavy atom. The Kier molecular flexibility index (Phi) is 4.34. The SMILES string of the molecule is CCN(CCCCl)c1nccc2cc3c(cc12)OCCO3. The molecule has 0 spiro atoms. The van der Waals surface area contributed by atoms with E-state index in [2.05, 4.69) is 16.8 Å². The van der Waals surface area contributed by atoms with Crippen LogP contribution in [-0.4, -0.2) is 37.2 Å². The number of nitrogens with zero attached hydrogens (tertiary/aromatic N) is 2. The van der Waals surface area contributed by atoms with E-state index in [0.717, 1.165) is 47.6 Å². The summed E-state index contributed by atoms with van der Waals surface area (Å²) < 4.78 is 11.3. The number of alkyl halides is 1. The molecule has 0 amide bonds. The van der Waals surface area contributed by atoms with E-state index < -0.39 is 0 Å². The number of benzene rings is 1. The zero-order valence-electron chi connectivity index (χ0n) is 12.1. The highest BCUT2D eigenvalue weighted by molar-refractivity contribution is 6.17. The average molecular weight is 307 g/mol. The van der Waals surface area contributed by atoms with Crippen molar-refractivity contribution in [2.45, 2.75) is 13.3 Å². The lowest BCUT2D eigenvalue weighted by atomic mass is 10.1. The molecular formula is C16H19ClN2O2. The fraction of sp³-hybridized carbons (Fsp3) is 0.438. The molecule has 21 heavy (non-hydrogen) atoms. The van der Waals surface area contributed by atoms with E-state index in [1.807, 2.05) is 24.4 Å². The molecule has 3 rings (SSSR count). The number of aromatic nitrogens is 1. The van der Waals surface area contributed by atoms with Crippen LogP contribution in [0, 0.1) is 0 Å². The summed E-state index contributed by atoms with van der Waals surface area (Å²) in [5.74, 6) is 3.26. The maximum Gasteiger partial charge on any atom is 0.162 e. The van der Waals surface area contributed by atoms with Crippen LogP contribution < -0.4 is 14.4 Å². The summed E-state index contributed by atoms with van der Waals surface area (Å²) in [5.41, 5.74) is 0. The van der Waals surface area contributed by atoms with Crippen molar-refractivity contribution in [3.63, 3.8) is 0 Å². The molecule has 4 nitrogen and oxygen atoms in total. The molecule has 112 valence electrons. The molecule has 2 aromatic rings. The largest absolute Gasteiger partial charge is 0.486 e. The Balaban J connectivity index is 2.05. The van der Waals surface area contributed by atoms with Crippen LogP contribution in [0.15, 0.2) is 24.4 Å². The van der Waals surface area contributed by atoms with Crippen molar-refractivity contribution in [1.82, 2.24) is 4.98 Å². The highest BCUT2D eigenvalue weighted by Crippen LogP contribution is 2.37. The molecule has 0 bridgehead atoms. The highest BCUT2D eigenvalue weighted by atomic mass is 35.5. The first-order valence-corrected chi connectivity index (χ1v) is 7.86. The highest BCUT2D eigenvalue weighted by Gasteiger charge is 2.16. The van der Waals surface area contributed by atoms with Crippen LogP contribution in [0.5, 0.6) is 11.5 Å². The summed E-state index contributed by atoms with van der Waals surface area (Å²) in [6.45, 7) is 5.13. The second kappa shape index (κ2) is 6.39. The Morgan fingerprint density at radius 2 is 2.00 bits per heavy atom. The van der Waals surface area contributed by atoms with Crippen molar-refractivity contribution >= 4 is 28.2 Å². The summed E-state index contributed by atoms with van der Waals surface area (Å²) in [6.07, 6.45) is 2.79. The van der Waals surface area contributed by atoms with Gasteiger partial charge < -0.3 is 14.4 Å². The normalized spacial score (nSPS) is 13.4. The van der Waals surface area contributed by atoms with Crippen LogP contribution in [-0.2, 0) is 0 Å². The molecule has 0 N–H and O–H groups in total. The van der Waals surface area contributed by atoms with Gasteiger partial charge in [0.25, 0.3) is 0 Å². The number of anilines is 1. The zero-order valence-corrected chi connectivity index (χ0v) is 12.9. The quantitative estimate of drug-likeness (QED) is 0.792. The lowest BCUT2D eigenvalue weighted by Gasteiger charge is -2.24. The second-order valence-electron chi connectivity index (χ2n) is 4.97. The molecule has 2 heterocycles. The monoisotopic (exact) mass is 306 g/mol. The van der Waals surface area contributed by atoms with Crippen molar-refractivity contribution in [3.05, 3.63) is 24.4 Å². The lowest BCUT2D eigenvalue weighted by Crippen LogP contribution is -2.25.